The molecule has 1 N–H and O–H groups in total. The van der Waals surface area contributed by atoms with E-state index in [1.165, 1.54) is 0 Å². The Labute approximate surface area is 101 Å². The number of piperidine rings is 1. The van der Waals surface area contributed by atoms with Crippen molar-refractivity contribution < 1.29 is 9.59 Å². The van der Waals surface area contributed by atoms with Crippen LogP contribution < -0.4 is 5.32 Å². The minimum Gasteiger partial charge on any atom is -0.330 e. The van der Waals surface area contributed by atoms with Gasteiger partial charge >= 0.3 is 11.8 Å². The number of rotatable bonds is 3. The fourth-order valence-corrected chi connectivity index (χ4v) is 2.49. The summed E-state index contributed by atoms with van der Waals surface area (Å²) in [5.41, 5.74) is 0. The second-order valence-corrected chi connectivity index (χ2v) is 4.52. The van der Waals surface area contributed by atoms with Crippen molar-refractivity contribution in [1.29, 1.82) is 0 Å². The zero-order valence-electron chi connectivity index (χ0n) is 10.0. The highest BCUT2D eigenvalue weighted by Gasteiger charge is 2.35. The molecule has 0 aromatic carbocycles. The molecule has 0 unspecified atom stereocenters. The van der Waals surface area contributed by atoms with E-state index in [1.807, 2.05) is 0 Å². The first kappa shape index (κ1) is 12.1. The van der Waals surface area contributed by atoms with Crippen LogP contribution in [0, 0.1) is 0 Å². The quantitative estimate of drug-likeness (QED) is 0.536. The average molecular weight is 237 g/mol. The van der Waals surface area contributed by atoms with E-state index in [9.17, 15) is 9.59 Å². The molecule has 0 aliphatic carbocycles. The van der Waals surface area contributed by atoms with E-state index >= 15 is 0 Å². The van der Waals surface area contributed by atoms with Crippen molar-refractivity contribution in [3.8, 4) is 0 Å². The molecule has 94 valence electrons. The Kier molecular flexibility index (Phi) is 3.78. The van der Waals surface area contributed by atoms with Gasteiger partial charge in [-0.25, -0.2) is 0 Å². The maximum atomic E-state index is 12.0. The molecule has 2 aliphatic heterocycles. The summed E-state index contributed by atoms with van der Waals surface area (Å²) in [4.78, 5) is 27.1. The fourth-order valence-electron chi connectivity index (χ4n) is 2.49. The van der Waals surface area contributed by atoms with Crippen LogP contribution in [0.5, 0.6) is 0 Å². The predicted octanol–water partition coefficient (Wildman–Crippen LogP) is -0.405. The number of carbonyl (C=O) groups is 2. The molecule has 2 amide bonds. The normalized spacial score (nSPS) is 23.1. The number of carbonyl (C=O) groups excluding carboxylic acids is 2. The van der Waals surface area contributed by atoms with Gasteiger partial charge in [-0.3, -0.25) is 9.59 Å². The number of nitrogens with one attached hydrogen (secondary N) is 1. The standard InChI is InChI=1S/C12H19N3O2/c1-2-7-14-8-9-15(12(17)11(14)16)10-3-5-13-6-4-10/h2,10,13H,1,3-9H2. The van der Waals surface area contributed by atoms with Gasteiger partial charge in [0.1, 0.15) is 0 Å². The fraction of sp³-hybridized carbons (Fsp3) is 0.667. The van der Waals surface area contributed by atoms with Crippen LogP contribution in [-0.4, -0.2) is 60.4 Å². The van der Waals surface area contributed by atoms with Gasteiger partial charge in [-0.15, -0.1) is 6.58 Å². The molecule has 5 nitrogen and oxygen atoms in total. The zero-order valence-corrected chi connectivity index (χ0v) is 10.0. The van der Waals surface area contributed by atoms with Crippen molar-refractivity contribution in [3.63, 3.8) is 0 Å². The molecule has 2 saturated heterocycles. The Balaban J connectivity index is 2.00. The number of piperazine rings is 1. The van der Waals surface area contributed by atoms with Crippen molar-refractivity contribution in [2.24, 2.45) is 0 Å². The summed E-state index contributed by atoms with van der Waals surface area (Å²) in [7, 11) is 0. The third kappa shape index (κ3) is 2.49. The Hall–Kier alpha value is -1.36. The highest BCUT2D eigenvalue weighted by Crippen LogP contribution is 2.16. The molecule has 17 heavy (non-hydrogen) atoms. The number of hydrogen-bond donors (Lipinski definition) is 1. The molecular weight excluding hydrogens is 218 g/mol. The lowest BCUT2D eigenvalue weighted by Gasteiger charge is -2.39. The lowest BCUT2D eigenvalue weighted by molar-refractivity contribution is -0.157. The lowest BCUT2D eigenvalue weighted by Crippen LogP contribution is -2.58. The molecule has 2 fully saturated rings. The second kappa shape index (κ2) is 5.31. The predicted molar refractivity (Wildman–Crippen MR) is 64.4 cm³/mol. The molecule has 0 atom stereocenters. The molecule has 0 bridgehead atoms. The Bertz CT molecular complexity index is 324. The van der Waals surface area contributed by atoms with Gasteiger partial charge in [-0.05, 0) is 25.9 Å². The molecule has 0 aromatic rings. The molecule has 0 aromatic heterocycles. The summed E-state index contributed by atoms with van der Waals surface area (Å²) in [6.45, 7) is 7.20. The molecular formula is C12H19N3O2. The molecule has 0 spiro atoms. The average Bonchev–Trinajstić information content (AvgIpc) is 2.36. The van der Waals surface area contributed by atoms with Crippen LogP contribution in [0.2, 0.25) is 0 Å². The van der Waals surface area contributed by atoms with Gasteiger partial charge in [0.2, 0.25) is 0 Å². The van der Waals surface area contributed by atoms with E-state index in [0.717, 1.165) is 25.9 Å². The number of amides is 2. The van der Waals surface area contributed by atoms with Crippen molar-refractivity contribution >= 4 is 11.8 Å². The first-order chi connectivity index (χ1) is 8.24. The molecule has 0 saturated carbocycles. The molecule has 2 heterocycles. The van der Waals surface area contributed by atoms with E-state index in [4.69, 9.17) is 0 Å². The van der Waals surface area contributed by atoms with Crippen LogP contribution in [0.4, 0.5) is 0 Å². The van der Waals surface area contributed by atoms with Crippen molar-refractivity contribution in [2.75, 3.05) is 32.7 Å². The van der Waals surface area contributed by atoms with Crippen molar-refractivity contribution in [2.45, 2.75) is 18.9 Å². The summed E-state index contributed by atoms with van der Waals surface area (Å²) in [5, 5.41) is 3.26. The van der Waals surface area contributed by atoms with Crippen LogP contribution in [-0.2, 0) is 9.59 Å². The van der Waals surface area contributed by atoms with Crippen LogP contribution in [0.25, 0.3) is 0 Å². The molecule has 5 heteroatoms. The smallest absolute Gasteiger partial charge is 0.312 e. The van der Waals surface area contributed by atoms with Gasteiger partial charge in [-0.1, -0.05) is 6.08 Å². The molecule has 0 radical (unpaired) electrons. The largest absolute Gasteiger partial charge is 0.330 e. The third-order valence-corrected chi connectivity index (χ3v) is 3.44. The van der Waals surface area contributed by atoms with Crippen molar-refractivity contribution in [1.82, 2.24) is 15.1 Å². The topological polar surface area (TPSA) is 52.6 Å². The highest BCUT2D eigenvalue weighted by molar-refractivity contribution is 6.35. The van der Waals surface area contributed by atoms with Crippen LogP contribution in [0.3, 0.4) is 0 Å². The highest BCUT2D eigenvalue weighted by atomic mass is 16.2. The van der Waals surface area contributed by atoms with Gasteiger partial charge in [0, 0.05) is 25.7 Å². The minimum absolute atomic E-state index is 0.235. The number of nitrogens with zero attached hydrogens (tertiary/aromatic N) is 2. The van der Waals surface area contributed by atoms with Crippen LogP contribution in [0.15, 0.2) is 12.7 Å². The van der Waals surface area contributed by atoms with E-state index in [-0.39, 0.29) is 17.9 Å². The maximum absolute atomic E-state index is 12.0. The lowest BCUT2D eigenvalue weighted by atomic mass is 10.0. The van der Waals surface area contributed by atoms with E-state index in [0.29, 0.717) is 19.6 Å². The van der Waals surface area contributed by atoms with E-state index in [2.05, 4.69) is 11.9 Å². The Morgan fingerprint density at radius 1 is 1.24 bits per heavy atom. The minimum atomic E-state index is -0.380. The van der Waals surface area contributed by atoms with Gasteiger partial charge < -0.3 is 15.1 Å². The van der Waals surface area contributed by atoms with Gasteiger partial charge in [0.15, 0.2) is 0 Å². The van der Waals surface area contributed by atoms with Gasteiger partial charge in [0.05, 0.1) is 0 Å². The van der Waals surface area contributed by atoms with E-state index < -0.39 is 0 Å². The first-order valence-electron chi connectivity index (χ1n) is 6.15. The summed E-state index contributed by atoms with van der Waals surface area (Å²) >= 11 is 0. The SMILES string of the molecule is C=CCN1CCN(C2CCNCC2)C(=O)C1=O. The monoisotopic (exact) mass is 237 g/mol. The Morgan fingerprint density at radius 3 is 2.59 bits per heavy atom. The van der Waals surface area contributed by atoms with E-state index in [1.54, 1.807) is 15.9 Å². The van der Waals surface area contributed by atoms with Crippen LogP contribution in [0.1, 0.15) is 12.8 Å². The molecule has 2 aliphatic rings. The maximum Gasteiger partial charge on any atom is 0.312 e. The molecule has 2 rings (SSSR count). The van der Waals surface area contributed by atoms with Gasteiger partial charge in [-0.2, -0.15) is 0 Å². The summed E-state index contributed by atoms with van der Waals surface area (Å²) < 4.78 is 0. The summed E-state index contributed by atoms with van der Waals surface area (Å²) in [6, 6.07) is 0.235. The second-order valence-electron chi connectivity index (χ2n) is 4.52. The van der Waals surface area contributed by atoms with Gasteiger partial charge in [0.25, 0.3) is 0 Å². The summed E-state index contributed by atoms with van der Waals surface area (Å²) in [5.74, 6) is -0.723. The van der Waals surface area contributed by atoms with Crippen LogP contribution >= 0.6 is 0 Å². The third-order valence-electron chi connectivity index (χ3n) is 3.44. The summed E-state index contributed by atoms with van der Waals surface area (Å²) in [6.07, 6.45) is 3.55. The zero-order chi connectivity index (χ0) is 12.3. The number of hydrogen-bond acceptors (Lipinski definition) is 3. The van der Waals surface area contributed by atoms with Crippen molar-refractivity contribution in [3.05, 3.63) is 12.7 Å². The Morgan fingerprint density at radius 2 is 1.94 bits per heavy atom. The first-order valence-corrected chi connectivity index (χ1v) is 6.15.